The summed E-state index contributed by atoms with van der Waals surface area (Å²) < 4.78 is 22.9. The highest BCUT2D eigenvalue weighted by Gasteiger charge is 2.06. The van der Waals surface area contributed by atoms with E-state index in [1.54, 1.807) is 37.4 Å². The second-order valence-electron chi connectivity index (χ2n) is 6.08. The molecule has 4 N–H and O–H groups in total. The molecule has 0 radical (unpaired) electrons. The summed E-state index contributed by atoms with van der Waals surface area (Å²) in [4.78, 5) is 15.7. The number of nitrogens with one attached hydrogen (secondary N) is 2. The zero-order chi connectivity index (χ0) is 19.9. The SMILES string of the molecule is CN=C(NCCc1ccc(S(C)(=O)=O)cc1)NCc1cccc(C(N)=O)c1. The van der Waals surface area contributed by atoms with Crippen molar-refractivity contribution in [1.82, 2.24) is 10.6 Å². The number of sulfone groups is 1. The van der Waals surface area contributed by atoms with Crippen LogP contribution < -0.4 is 16.4 Å². The van der Waals surface area contributed by atoms with E-state index in [0.717, 1.165) is 17.5 Å². The fourth-order valence-corrected chi connectivity index (χ4v) is 3.10. The number of amides is 1. The van der Waals surface area contributed by atoms with Gasteiger partial charge in [0.2, 0.25) is 5.91 Å². The van der Waals surface area contributed by atoms with Crippen molar-refractivity contribution in [2.24, 2.45) is 10.7 Å². The summed E-state index contributed by atoms with van der Waals surface area (Å²) in [6.07, 6.45) is 1.92. The maximum absolute atomic E-state index is 11.5. The van der Waals surface area contributed by atoms with Crippen LogP contribution in [0.1, 0.15) is 21.5 Å². The summed E-state index contributed by atoms with van der Waals surface area (Å²) in [5.74, 6) is 0.175. The lowest BCUT2D eigenvalue weighted by Crippen LogP contribution is -2.37. The maximum atomic E-state index is 11.5. The molecule has 8 heteroatoms. The normalized spacial score (nSPS) is 11.9. The lowest BCUT2D eigenvalue weighted by atomic mass is 10.1. The van der Waals surface area contributed by atoms with Crippen LogP contribution in [0.5, 0.6) is 0 Å². The fourth-order valence-electron chi connectivity index (χ4n) is 2.47. The van der Waals surface area contributed by atoms with Crippen molar-refractivity contribution in [3.8, 4) is 0 Å². The summed E-state index contributed by atoms with van der Waals surface area (Å²) in [6, 6.07) is 13.9. The average molecular weight is 388 g/mol. The van der Waals surface area contributed by atoms with Gasteiger partial charge in [0.05, 0.1) is 4.90 Å². The van der Waals surface area contributed by atoms with Gasteiger partial charge in [-0.1, -0.05) is 24.3 Å². The monoisotopic (exact) mass is 388 g/mol. The number of hydrogen-bond acceptors (Lipinski definition) is 4. The predicted octanol–water partition coefficient (Wildman–Crippen LogP) is 1.10. The van der Waals surface area contributed by atoms with E-state index in [-0.39, 0.29) is 0 Å². The Morgan fingerprint density at radius 3 is 2.37 bits per heavy atom. The Morgan fingerprint density at radius 1 is 1.07 bits per heavy atom. The Hall–Kier alpha value is -2.87. The molecule has 2 aromatic rings. The van der Waals surface area contributed by atoms with E-state index in [2.05, 4.69) is 15.6 Å². The number of guanidine groups is 1. The molecule has 0 aliphatic heterocycles. The summed E-state index contributed by atoms with van der Waals surface area (Å²) >= 11 is 0. The molecule has 7 nitrogen and oxygen atoms in total. The number of nitrogens with zero attached hydrogens (tertiary/aromatic N) is 1. The minimum absolute atomic E-state index is 0.315. The van der Waals surface area contributed by atoms with Crippen molar-refractivity contribution in [2.45, 2.75) is 17.9 Å². The van der Waals surface area contributed by atoms with E-state index in [9.17, 15) is 13.2 Å². The van der Waals surface area contributed by atoms with E-state index in [4.69, 9.17) is 5.73 Å². The highest BCUT2D eigenvalue weighted by atomic mass is 32.2. The first-order valence-electron chi connectivity index (χ1n) is 8.42. The van der Waals surface area contributed by atoms with Crippen LogP contribution in [0.15, 0.2) is 58.4 Å². The number of carbonyl (C=O) groups excluding carboxylic acids is 1. The molecular formula is C19H24N4O3S. The lowest BCUT2D eigenvalue weighted by molar-refractivity contribution is 0.1000. The number of nitrogens with two attached hydrogens (primary N) is 1. The van der Waals surface area contributed by atoms with Gasteiger partial charge in [0.1, 0.15) is 0 Å². The highest BCUT2D eigenvalue weighted by molar-refractivity contribution is 7.90. The van der Waals surface area contributed by atoms with Gasteiger partial charge in [-0.15, -0.1) is 0 Å². The third kappa shape index (κ3) is 6.41. The van der Waals surface area contributed by atoms with Crippen molar-refractivity contribution in [3.63, 3.8) is 0 Å². The van der Waals surface area contributed by atoms with Gasteiger partial charge in [-0.05, 0) is 41.8 Å². The standard InChI is InChI=1S/C19H24N4O3S/c1-21-19(23-13-15-4-3-5-16(12-15)18(20)24)22-11-10-14-6-8-17(9-7-14)27(2,25)26/h3-9,12H,10-11,13H2,1-2H3,(H2,20,24)(H2,21,22,23). The van der Waals surface area contributed by atoms with Gasteiger partial charge in [0.25, 0.3) is 0 Å². The molecule has 144 valence electrons. The van der Waals surface area contributed by atoms with Crippen molar-refractivity contribution in [2.75, 3.05) is 19.8 Å². The molecule has 2 aromatic carbocycles. The Morgan fingerprint density at radius 2 is 1.78 bits per heavy atom. The molecule has 27 heavy (non-hydrogen) atoms. The smallest absolute Gasteiger partial charge is 0.248 e. The molecule has 0 fully saturated rings. The molecule has 0 spiro atoms. The molecule has 0 heterocycles. The van der Waals surface area contributed by atoms with Gasteiger partial charge < -0.3 is 16.4 Å². The van der Waals surface area contributed by atoms with Crippen LogP contribution in [0.4, 0.5) is 0 Å². The van der Waals surface area contributed by atoms with Crippen LogP contribution in [0.3, 0.4) is 0 Å². The quantitative estimate of drug-likeness (QED) is 0.485. The van der Waals surface area contributed by atoms with Gasteiger partial charge in [0.15, 0.2) is 15.8 Å². The van der Waals surface area contributed by atoms with E-state index < -0.39 is 15.7 Å². The molecule has 0 bridgehead atoms. The summed E-state index contributed by atoms with van der Waals surface area (Å²) in [5, 5.41) is 6.37. The number of carbonyl (C=O) groups is 1. The molecule has 0 aliphatic rings. The molecule has 0 aromatic heterocycles. The first kappa shape index (κ1) is 20.4. The first-order valence-corrected chi connectivity index (χ1v) is 10.3. The van der Waals surface area contributed by atoms with E-state index >= 15 is 0 Å². The molecule has 0 unspecified atom stereocenters. The minimum Gasteiger partial charge on any atom is -0.366 e. The van der Waals surface area contributed by atoms with Crippen LogP contribution in [0.25, 0.3) is 0 Å². The summed E-state index contributed by atoms with van der Waals surface area (Å²) in [5.41, 5.74) is 7.71. The second kappa shape index (κ2) is 9.18. The fraction of sp³-hybridized carbons (Fsp3) is 0.263. The van der Waals surface area contributed by atoms with Crippen molar-refractivity contribution in [3.05, 3.63) is 65.2 Å². The van der Waals surface area contributed by atoms with Crippen molar-refractivity contribution >= 4 is 21.7 Å². The first-order chi connectivity index (χ1) is 12.8. The predicted molar refractivity (Wildman–Crippen MR) is 106 cm³/mol. The zero-order valence-corrected chi connectivity index (χ0v) is 16.2. The van der Waals surface area contributed by atoms with Gasteiger partial charge in [-0.25, -0.2) is 8.42 Å². The average Bonchev–Trinajstić information content (AvgIpc) is 2.64. The molecule has 0 aliphatic carbocycles. The Balaban J connectivity index is 1.84. The van der Waals surface area contributed by atoms with Gasteiger partial charge in [-0.3, -0.25) is 9.79 Å². The highest BCUT2D eigenvalue weighted by Crippen LogP contribution is 2.10. The Kier molecular flexibility index (Phi) is 6.95. The molecule has 0 atom stereocenters. The number of hydrogen-bond donors (Lipinski definition) is 3. The topological polar surface area (TPSA) is 114 Å². The number of rotatable bonds is 7. The number of primary amides is 1. The van der Waals surface area contributed by atoms with Gasteiger partial charge in [-0.2, -0.15) is 0 Å². The largest absolute Gasteiger partial charge is 0.366 e. The van der Waals surface area contributed by atoms with E-state index in [1.807, 2.05) is 18.2 Å². The third-order valence-corrected chi connectivity index (χ3v) is 5.08. The van der Waals surface area contributed by atoms with Gasteiger partial charge in [0, 0.05) is 32.0 Å². The van der Waals surface area contributed by atoms with Gasteiger partial charge >= 0.3 is 0 Å². The minimum atomic E-state index is -3.17. The molecule has 0 saturated carbocycles. The Bertz CT molecular complexity index is 922. The molecule has 1 amide bonds. The lowest BCUT2D eigenvalue weighted by Gasteiger charge is -2.12. The summed E-state index contributed by atoms with van der Waals surface area (Å²) in [7, 11) is -1.50. The second-order valence-corrected chi connectivity index (χ2v) is 8.10. The van der Waals surface area contributed by atoms with Crippen LogP contribution >= 0.6 is 0 Å². The van der Waals surface area contributed by atoms with E-state index in [0.29, 0.717) is 29.5 Å². The van der Waals surface area contributed by atoms with Crippen LogP contribution in [-0.2, 0) is 22.8 Å². The van der Waals surface area contributed by atoms with Crippen LogP contribution in [-0.4, -0.2) is 40.1 Å². The molecule has 2 rings (SSSR count). The molecular weight excluding hydrogens is 364 g/mol. The Labute approximate surface area is 159 Å². The summed E-state index contributed by atoms with van der Waals surface area (Å²) in [6.45, 7) is 1.14. The van der Waals surface area contributed by atoms with Crippen LogP contribution in [0, 0.1) is 0 Å². The number of benzene rings is 2. The van der Waals surface area contributed by atoms with E-state index in [1.165, 1.54) is 6.26 Å². The third-order valence-electron chi connectivity index (χ3n) is 3.95. The van der Waals surface area contributed by atoms with Crippen molar-refractivity contribution < 1.29 is 13.2 Å². The zero-order valence-electron chi connectivity index (χ0n) is 15.4. The maximum Gasteiger partial charge on any atom is 0.248 e. The molecule has 0 saturated heterocycles. The van der Waals surface area contributed by atoms with Crippen molar-refractivity contribution in [1.29, 1.82) is 0 Å². The van der Waals surface area contributed by atoms with Crippen LogP contribution in [0.2, 0.25) is 0 Å². The number of aliphatic imine (C=N–C) groups is 1.